The Morgan fingerprint density at radius 3 is 2.33 bits per heavy atom. The van der Waals surface area contributed by atoms with Crippen molar-refractivity contribution in [1.29, 1.82) is 0 Å². The van der Waals surface area contributed by atoms with Crippen LogP contribution >= 0.6 is 11.3 Å². The van der Waals surface area contributed by atoms with Crippen molar-refractivity contribution in [2.75, 3.05) is 39.3 Å². The van der Waals surface area contributed by atoms with Crippen molar-refractivity contribution in [2.45, 2.75) is 20.8 Å². The van der Waals surface area contributed by atoms with Crippen LogP contribution in [0, 0.1) is 6.92 Å². The van der Waals surface area contributed by atoms with Gasteiger partial charge in [-0.25, -0.2) is 0 Å². The van der Waals surface area contributed by atoms with Crippen LogP contribution < -0.4 is 0 Å². The number of thiophene rings is 1. The molecule has 0 unspecified atom stereocenters. The van der Waals surface area contributed by atoms with E-state index in [9.17, 15) is 13.2 Å². The van der Waals surface area contributed by atoms with Crippen molar-refractivity contribution in [1.82, 2.24) is 13.5 Å². The van der Waals surface area contributed by atoms with Crippen molar-refractivity contribution < 1.29 is 13.2 Å². The van der Waals surface area contributed by atoms with E-state index in [4.69, 9.17) is 0 Å². The summed E-state index contributed by atoms with van der Waals surface area (Å²) in [7, 11) is -3.41. The summed E-state index contributed by atoms with van der Waals surface area (Å²) < 4.78 is 27.9. The molecule has 8 heteroatoms. The van der Waals surface area contributed by atoms with E-state index in [1.54, 1.807) is 22.3 Å². The zero-order chi connectivity index (χ0) is 17.7. The van der Waals surface area contributed by atoms with E-state index < -0.39 is 10.2 Å². The Balaban J connectivity index is 1.92. The summed E-state index contributed by atoms with van der Waals surface area (Å²) in [6.07, 6.45) is 3.39. The van der Waals surface area contributed by atoms with E-state index in [-0.39, 0.29) is 5.91 Å². The Kier molecular flexibility index (Phi) is 6.56. The smallest absolute Gasteiger partial charge is 0.282 e. The third-order valence-corrected chi connectivity index (χ3v) is 7.21. The fourth-order valence-electron chi connectivity index (χ4n) is 2.65. The lowest BCUT2D eigenvalue weighted by molar-refractivity contribution is -0.127. The molecular formula is C16H25N3O3S2. The topological polar surface area (TPSA) is 60.9 Å². The third-order valence-electron chi connectivity index (χ3n) is 4.06. The summed E-state index contributed by atoms with van der Waals surface area (Å²) in [6.45, 7) is 8.14. The molecule has 2 rings (SSSR count). The van der Waals surface area contributed by atoms with Crippen molar-refractivity contribution in [2.24, 2.45) is 0 Å². The van der Waals surface area contributed by atoms with Gasteiger partial charge in [-0.3, -0.25) is 4.79 Å². The predicted molar refractivity (Wildman–Crippen MR) is 98.1 cm³/mol. The van der Waals surface area contributed by atoms with Crippen LogP contribution in [0.3, 0.4) is 0 Å². The molecule has 1 amide bonds. The maximum atomic E-state index is 12.5. The second-order valence-electron chi connectivity index (χ2n) is 5.60. The Morgan fingerprint density at radius 2 is 1.83 bits per heavy atom. The van der Waals surface area contributed by atoms with Gasteiger partial charge < -0.3 is 4.90 Å². The molecule has 134 valence electrons. The third kappa shape index (κ3) is 4.44. The minimum absolute atomic E-state index is 0.0686. The first-order valence-electron chi connectivity index (χ1n) is 8.17. The van der Waals surface area contributed by atoms with Gasteiger partial charge >= 0.3 is 0 Å². The number of carbonyl (C=O) groups is 1. The second-order valence-corrected chi connectivity index (χ2v) is 8.85. The minimum Gasteiger partial charge on any atom is -0.337 e. The minimum atomic E-state index is -3.41. The molecule has 6 nitrogen and oxygen atoms in total. The molecule has 1 saturated heterocycles. The van der Waals surface area contributed by atoms with Gasteiger partial charge in [0.15, 0.2) is 0 Å². The number of aryl methyl sites for hydroxylation is 1. The molecule has 1 fully saturated rings. The molecule has 0 bridgehead atoms. The maximum absolute atomic E-state index is 12.5. The van der Waals surface area contributed by atoms with Gasteiger partial charge in [0.25, 0.3) is 10.2 Å². The Bertz CT molecular complexity index is 685. The van der Waals surface area contributed by atoms with Gasteiger partial charge in [-0.2, -0.15) is 17.0 Å². The molecule has 2 heterocycles. The molecule has 0 radical (unpaired) electrons. The van der Waals surface area contributed by atoms with Crippen molar-refractivity contribution >= 4 is 33.5 Å². The van der Waals surface area contributed by atoms with E-state index >= 15 is 0 Å². The van der Waals surface area contributed by atoms with Gasteiger partial charge in [-0.1, -0.05) is 13.8 Å². The molecule has 1 aliphatic rings. The van der Waals surface area contributed by atoms with Crippen LogP contribution in [0.5, 0.6) is 0 Å². The Morgan fingerprint density at radius 1 is 1.21 bits per heavy atom. The highest BCUT2D eigenvalue weighted by molar-refractivity contribution is 7.86. The monoisotopic (exact) mass is 371 g/mol. The number of carbonyl (C=O) groups excluding carboxylic acids is 1. The lowest BCUT2D eigenvalue weighted by Gasteiger charge is -2.35. The molecule has 0 saturated carbocycles. The van der Waals surface area contributed by atoms with E-state index in [2.05, 4.69) is 0 Å². The van der Waals surface area contributed by atoms with Crippen LogP contribution in [0.2, 0.25) is 0 Å². The standard InChI is InChI=1S/C16H25N3O3S2/c1-4-18(5-2)24(21,22)19-12-10-17(11-13-19)16(20)9-8-15-7-6-14(3)23-15/h6-9H,4-5,10-13H2,1-3H3/b9-8+. The maximum Gasteiger partial charge on any atom is 0.282 e. The summed E-state index contributed by atoms with van der Waals surface area (Å²) in [4.78, 5) is 16.2. The van der Waals surface area contributed by atoms with E-state index in [0.29, 0.717) is 39.3 Å². The van der Waals surface area contributed by atoms with Crippen molar-refractivity contribution in [3.05, 3.63) is 28.0 Å². The van der Waals surface area contributed by atoms with Crippen molar-refractivity contribution in [3.8, 4) is 0 Å². The zero-order valence-electron chi connectivity index (χ0n) is 14.4. The van der Waals surface area contributed by atoms with Gasteiger partial charge in [0, 0.05) is 55.1 Å². The highest BCUT2D eigenvalue weighted by Crippen LogP contribution is 2.17. The fourth-order valence-corrected chi connectivity index (χ4v) is 5.04. The number of nitrogens with zero attached hydrogens (tertiary/aromatic N) is 3. The second kappa shape index (κ2) is 8.24. The summed E-state index contributed by atoms with van der Waals surface area (Å²) in [5.41, 5.74) is 0. The number of hydrogen-bond donors (Lipinski definition) is 0. The number of amides is 1. The van der Waals surface area contributed by atoms with Crippen LogP contribution in [-0.2, 0) is 15.0 Å². The number of piperazine rings is 1. The highest BCUT2D eigenvalue weighted by Gasteiger charge is 2.31. The normalized spacial score (nSPS) is 17.1. The summed E-state index contributed by atoms with van der Waals surface area (Å²) in [5, 5.41) is 0. The Labute approximate surface area is 148 Å². The molecular weight excluding hydrogens is 346 g/mol. The molecule has 0 spiro atoms. The van der Waals surface area contributed by atoms with E-state index in [0.717, 1.165) is 4.88 Å². The van der Waals surface area contributed by atoms with Crippen LogP contribution in [0.1, 0.15) is 23.6 Å². The average molecular weight is 372 g/mol. The van der Waals surface area contributed by atoms with E-state index in [1.165, 1.54) is 13.5 Å². The molecule has 0 atom stereocenters. The van der Waals surface area contributed by atoms with Gasteiger partial charge in [0.1, 0.15) is 0 Å². The zero-order valence-corrected chi connectivity index (χ0v) is 16.1. The molecule has 0 aromatic carbocycles. The first kappa shape index (κ1) is 19.1. The van der Waals surface area contributed by atoms with Gasteiger partial charge in [-0.05, 0) is 25.1 Å². The number of rotatable bonds is 6. The lowest BCUT2D eigenvalue weighted by Crippen LogP contribution is -2.53. The summed E-state index contributed by atoms with van der Waals surface area (Å²) in [5.74, 6) is -0.0686. The van der Waals surface area contributed by atoms with Crippen LogP contribution in [0.25, 0.3) is 6.08 Å². The summed E-state index contributed by atoms with van der Waals surface area (Å²) >= 11 is 1.64. The lowest BCUT2D eigenvalue weighted by atomic mass is 10.3. The molecule has 0 N–H and O–H groups in total. The fraction of sp³-hybridized carbons (Fsp3) is 0.562. The highest BCUT2D eigenvalue weighted by atomic mass is 32.2. The van der Waals surface area contributed by atoms with Crippen molar-refractivity contribution in [3.63, 3.8) is 0 Å². The number of hydrogen-bond acceptors (Lipinski definition) is 4. The van der Waals surface area contributed by atoms with Gasteiger partial charge in [-0.15, -0.1) is 11.3 Å². The largest absolute Gasteiger partial charge is 0.337 e. The predicted octanol–water partition coefficient (Wildman–Crippen LogP) is 1.80. The summed E-state index contributed by atoms with van der Waals surface area (Å²) in [6, 6.07) is 4.00. The first-order chi connectivity index (χ1) is 11.4. The molecule has 0 aliphatic carbocycles. The average Bonchev–Trinajstić information content (AvgIpc) is 2.99. The molecule has 24 heavy (non-hydrogen) atoms. The molecule has 1 aliphatic heterocycles. The van der Waals surface area contributed by atoms with Crippen LogP contribution in [0.15, 0.2) is 18.2 Å². The molecule has 1 aromatic heterocycles. The van der Waals surface area contributed by atoms with Crippen LogP contribution in [0.4, 0.5) is 0 Å². The SMILES string of the molecule is CCN(CC)S(=O)(=O)N1CCN(C(=O)/C=C/c2ccc(C)s2)CC1. The van der Waals surface area contributed by atoms with Crippen LogP contribution in [-0.4, -0.2) is 67.1 Å². The first-order valence-corrected chi connectivity index (χ1v) is 10.4. The quantitative estimate of drug-likeness (QED) is 0.717. The van der Waals surface area contributed by atoms with Gasteiger partial charge in [0.2, 0.25) is 5.91 Å². The van der Waals surface area contributed by atoms with E-state index in [1.807, 2.05) is 39.0 Å². The molecule has 1 aromatic rings. The Hall–Kier alpha value is -1.22. The van der Waals surface area contributed by atoms with Gasteiger partial charge in [0.05, 0.1) is 0 Å².